The highest BCUT2D eigenvalue weighted by Gasteiger charge is 2.03. The van der Waals surface area contributed by atoms with E-state index in [-0.39, 0.29) is 0 Å². The largest absolute Gasteiger partial charge is 0.362 e. The van der Waals surface area contributed by atoms with Gasteiger partial charge in [0.1, 0.15) is 0 Å². The molecule has 0 aliphatic rings. The molecular weight excluding hydrogens is 184 g/mol. The predicted molar refractivity (Wildman–Crippen MR) is 67.5 cm³/mol. The molecule has 0 amide bonds. The minimum absolute atomic E-state index is 0.661. The standard InChI is InChI=1S/C13H22N2/c1-5-11(2)12-6-8-13(9-7-12)15(4)10-14-3/h6-9,11,14H,5,10H2,1-4H3. The van der Waals surface area contributed by atoms with Gasteiger partial charge in [-0.3, -0.25) is 0 Å². The van der Waals surface area contributed by atoms with Crippen LogP contribution in [0.5, 0.6) is 0 Å². The van der Waals surface area contributed by atoms with Gasteiger partial charge < -0.3 is 10.2 Å². The van der Waals surface area contributed by atoms with Gasteiger partial charge in [-0.2, -0.15) is 0 Å². The smallest absolute Gasteiger partial charge is 0.0676 e. The third-order valence-corrected chi connectivity index (χ3v) is 2.91. The Balaban J connectivity index is 2.71. The highest BCUT2D eigenvalue weighted by molar-refractivity contribution is 5.47. The molecule has 0 aliphatic heterocycles. The maximum atomic E-state index is 3.14. The Hall–Kier alpha value is -1.02. The normalized spacial score (nSPS) is 12.5. The molecule has 0 radical (unpaired) electrons. The van der Waals surface area contributed by atoms with Crippen LogP contribution < -0.4 is 10.2 Å². The zero-order valence-electron chi connectivity index (χ0n) is 10.2. The van der Waals surface area contributed by atoms with Crippen LogP contribution in [-0.2, 0) is 0 Å². The van der Waals surface area contributed by atoms with Crippen molar-refractivity contribution in [3.05, 3.63) is 29.8 Å². The first-order chi connectivity index (χ1) is 7.19. The third-order valence-electron chi connectivity index (χ3n) is 2.91. The van der Waals surface area contributed by atoms with Gasteiger partial charge >= 0.3 is 0 Å². The summed E-state index contributed by atoms with van der Waals surface area (Å²) in [6.45, 7) is 5.38. The number of rotatable bonds is 5. The fourth-order valence-corrected chi connectivity index (χ4v) is 1.62. The molecule has 0 aromatic heterocycles. The number of nitrogens with zero attached hydrogens (tertiary/aromatic N) is 1. The Bertz CT molecular complexity index is 279. The number of benzene rings is 1. The van der Waals surface area contributed by atoms with Gasteiger partial charge in [0.15, 0.2) is 0 Å². The van der Waals surface area contributed by atoms with E-state index in [0.29, 0.717) is 5.92 Å². The SMILES string of the molecule is CCC(C)c1ccc(N(C)CNC)cc1. The Morgan fingerprint density at radius 1 is 1.27 bits per heavy atom. The summed E-state index contributed by atoms with van der Waals surface area (Å²) >= 11 is 0. The monoisotopic (exact) mass is 206 g/mol. The maximum absolute atomic E-state index is 3.14. The molecule has 0 aliphatic carbocycles. The summed E-state index contributed by atoms with van der Waals surface area (Å²) in [5.74, 6) is 0.661. The average Bonchev–Trinajstić information content (AvgIpc) is 2.28. The summed E-state index contributed by atoms with van der Waals surface area (Å²) in [6.07, 6.45) is 1.20. The highest BCUT2D eigenvalue weighted by atomic mass is 15.2. The molecule has 1 aromatic rings. The lowest BCUT2D eigenvalue weighted by Crippen LogP contribution is -2.28. The Morgan fingerprint density at radius 3 is 2.33 bits per heavy atom. The fraction of sp³-hybridized carbons (Fsp3) is 0.538. The fourth-order valence-electron chi connectivity index (χ4n) is 1.62. The van der Waals surface area contributed by atoms with Gasteiger partial charge in [-0.05, 0) is 37.1 Å². The van der Waals surface area contributed by atoms with Crippen molar-refractivity contribution < 1.29 is 0 Å². The van der Waals surface area contributed by atoms with Crippen LogP contribution in [0.4, 0.5) is 5.69 Å². The quantitative estimate of drug-likeness (QED) is 0.745. The summed E-state index contributed by atoms with van der Waals surface area (Å²) in [5, 5.41) is 3.14. The van der Waals surface area contributed by atoms with Crippen molar-refractivity contribution in [1.29, 1.82) is 0 Å². The molecule has 2 heteroatoms. The molecule has 1 atom stereocenters. The summed E-state index contributed by atoms with van der Waals surface area (Å²) in [5.41, 5.74) is 2.69. The highest BCUT2D eigenvalue weighted by Crippen LogP contribution is 2.21. The lowest BCUT2D eigenvalue weighted by molar-refractivity contribution is 0.732. The van der Waals surface area contributed by atoms with Gasteiger partial charge in [0.05, 0.1) is 6.67 Å². The van der Waals surface area contributed by atoms with E-state index in [4.69, 9.17) is 0 Å². The second-order valence-corrected chi connectivity index (χ2v) is 4.11. The van der Waals surface area contributed by atoms with Crippen LogP contribution in [0.15, 0.2) is 24.3 Å². The van der Waals surface area contributed by atoms with Crippen molar-refractivity contribution in [3.63, 3.8) is 0 Å². The second-order valence-electron chi connectivity index (χ2n) is 4.11. The van der Waals surface area contributed by atoms with E-state index < -0.39 is 0 Å². The molecule has 1 rings (SSSR count). The number of nitrogens with one attached hydrogen (secondary N) is 1. The topological polar surface area (TPSA) is 15.3 Å². The van der Waals surface area contributed by atoms with E-state index in [1.165, 1.54) is 17.7 Å². The molecule has 84 valence electrons. The molecule has 2 nitrogen and oxygen atoms in total. The van der Waals surface area contributed by atoms with Crippen LogP contribution in [-0.4, -0.2) is 20.8 Å². The van der Waals surface area contributed by atoms with Crippen molar-refractivity contribution in [2.45, 2.75) is 26.2 Å². The Labute approximate surface area is 93.3 Å². The van der Waals surface area contributed by atoms with Crippen LogP contribution >= 0.6 is 0 Å². The third kappa shape index (κ3) is 3.24. The van der Waals surface area contributed by atoms with Crippen molar-refractivity contribution in [1.82, 2.24) is 5.32 Å². The lowest BCUT2D eigenvalue weighted by atomic mass is 9.98. The van der Waals surface area contributed by atoms with Crippen LogP contribution in [0.2, 0.25) is 0 Å². The van der Waals surface area contributed by atoms with Crippen molar-refractivity contribution >= 4 is 5.69 Å². The molecule has 1 aromatic carbocycles. The molecule has 0 fully saturated rings. The van der Waals surface area contributed by atoms with Crippen LogP contribution in [0, 0.1) is 0 Å². The van der Waals surface area contributed by atoms with Crippen LogP contribution in [0.25, 0.3) is 0 Å². The molecule has 0 saturated heterocycles. The lowest BCUT2D eigenvalue weighted by Gasteiger charge is -2.19. The molecule has 0 heterocycles. The summed E-state index contributed by atoms with van der Waals surface area (Å²) in [7, 11) is 4.05. The van der Waals surface area contributed by atoms with Crippen molar-refractivity contribution in [3.8, 4) is 0 Å². The minimum atomic E-state index is 0.661. The number of hydrogen-bond donors (Lipinski definition) is 1. The zero-order valence-corrected chi connectivity index (χ0v) is 10.2. The molecule has 0 spiro atoms. The van der Waals surface area contributed by atoms with E-state index in [9.17, 15) is 0 Å². The van der Waals surface area contributed by atoms with E-state index in [2.05, 4.69) is 55.4 Å². The Kier molecular flexibility index (Phi) is 4.63. The summed E-state index contributed by atoms with van der Waals surface area (Å²) in [6, 6.07) is 8.85. The molecule has 1 N–H and O–H groups in total. The molecule has 15 heavy (non-hydrogen) atoms. The molecule has 1 unspecified atom stereocenters. The van der Waals surface area contributed by atoms with Gasteiger partial charge in [0, 0.05) is 12.7 Å². The first kappa shape index (κ1) is 12.1. The summed E-state index contributed by atoms with van der Waals surface area (Å²) < 4.78 is 0. The zero-order chi connectivity index (χ0) is 11.3. The maximum Gasteiger partial charge on any atom is 0.0676 e. The Morgan fingerprint density at radius 2 is 1.87 bits per heavy atom. The van der Waals surface area contributed by atoms with Gasteiger partial charge in [-0.1, -0.05) is 26.0 Å². The molecular formula is C13H22N2. The molecule has 0 bridgehead atoms. The van der Waals surface area contributed by atoms with E-state index in [1.54, 1.807) is 0 Å². The van der Waals surface area contributed by atoms with E-state index in [0.717, 1.165) is 6.67 Å². The number of anilines is 1. The van der Waals surface area contributed by atoms with Gasteiger partial charge in [0.25, 0.3) is 0 Å². The van der Waals surface area contributed by atoms with E-state index >= 15 is 0 Å². The average molecular weight is 206 g/mol. The minimum Gasteiger partial charge on any atom is -0.362 e. The van der Waals surface area contributed by atoms with Gasteiger partial charge in [-0.15, -0.1) is 0 Å². The molecule has 0 saturated carbocycles. The van der Waals surface area contributed by atoms with E-state index in [1.807, 2.05) is 7.05 Å². The predicted octanol–water partition coefficient (Wildman–Crippen LogP) is 2.81. The number of hydrogen-bond acceptors (Lipinski definition) is 2. The van der Waals surface area contributed by atoms with Gasteiger partial charge in [-0.25, -0.2) is 0 Å². The van der Waals surface area contributed by atoms with Gasteiger partial charge in [0.2, 0.25) is 0 Å². The first-order valence-electron chi connectivity index (χ1n) is 5.64. The van der Waals surface area contributed by atoms with Crippen molar-refractivity contribution in [2.75, 3.05) is 25.7 Å². The second kappa shape index (κ2) is 5.76. The van der Waals surface area contributed by atoms with Crippen LogP contribution in [0.1, 0.15) is 31.7 Å². The first-order valence-corrected chi connectivity index (χ1v) is 5.64. The van der Waals surface area contributed by atoms with Crippen LogP contribution in [0.3, 0.4) is 0 Å². The van der Waals surface area contributed by atoms with Crippen molar-refractivity contribution in [2.24, 2.45) is 0 Å². The summed E-state index contributed by atoms with van der Waals surface area (Å²) in [4.78, 5) is 2.19.